The van der Waals surface area contributed by atoms with Gasteiger partial charge in [0.2, 0.25) is 0 Å². The van der Waals surface area contributed by atoms with E-state index in [9.17, 15) is 24.9 Å². The number of aliphatic hydroxyl groups is 2. The van der Waals surface area contributed by atoms with Gasteiger partial charge in [-0.1, -0.05) is 52.3 Å². The minimum absolute atomic E-state index is 0.0599. The Hall–Kier alpha value is -2.02. The van der Waals surface area contributed by atoms with E-state index < -0.39 is 11.5 Å². The van der Waals surface area contributed by atoms with Crippen molar-refractivity contribution < 1.29 is 29.6 Å². The maximum atomic E-state index is 14.1. The predicted octanol–water partition coefficient (Wildman–Crippen LogP) is 6.51. The Kier molecular flexibility index (Phi) is 7.20. The van der Waals surface area contributed by atoms with Crippen LogP contribution in [-0.4, -0.2) is 51.3 Å². The first-order chi connectivity index (χ1) is 20.0. The molecule has 0 radical (unpaired) electrons. The lowest BCUT2D eigenvalue weighted by Crippen LogP contribution is -2.64. The number of hydrogen-bond acceptors (Lipinski definition) is 6. The molecule has 6 nitrogen and oxygen atoms in total. The Morgan fingerprint density at radius 2 is 1.74 bits per heavy atom. The molecule has 236 valence electrons. The van der Waals surface area contributed by atoms with Crippen LogP contribution in [0.1, 0.15) is 111 Å². The number of Topliss-reactive ketones (excluding diaryl/α,β-unsaturated/α-hetero) is 2. The van der Waals surface area contributed by atoms with E-state index in [-0.39, 0.29) is 75.5 Å². The Bertz CT molecular complexity index is 1360. The van der Waals surface area contributed by atoms with Crippen molar-refractivity contribution in [2.45, 2.75) is 124 Å². The van der Waals surface area contributed by atoms with Gasteiger partial charge in [0, 0.05) is 29.8 Å². The van der Waals surface area contributed by atoms with Crippen molar-refractivity contribution in [3.8, 4) is 5.75 Å². The highest BCUT2D eigenvalue weighted by atomic mass is 16.6. The Morgan fingerprint density at radius 1 is 1.05 bits per heavy atom. The van der Waals surface area contributed by atoms with Gasteiger partial charge in [-0.2, -0.15) is 0 Å². The molecule has 0 bridgehead atoms. The molecule has 43 heavy (non-hydrogen) atoms. The van der Waals surface area contributed by atoms with Gasteiger partial charge in [0.15, 0.2) is 5.78 Å². The SMILES string of the molecule is CC(CC(O)C1OC1(C)C)C1=C2CCC3C4(C)CC(c5cccc(O)c5)C(=O)C(C)(C)C4CCC3(CCO)C2(C)CC1=O. The van der Waals surface area contributed by atoms with Gasteiger partial charge in [-0.05, 0) is 111 Å². The van der Waals surface area contributed by atoms with Crippen molar-refractivity contribution in [3.05, 3.63) is 41.0 Å². The van der Waals surface area contributed by atoms with Crippen LogP contribution in [-0.2, 0) is 14.3 Å². The second kappa shape index (κ2) is 9.99. The van der Waals surface area contributed by atoms with E-state index in [0.29, 0.717) is 19.3 Å². The van der Waals surface area contributed by atoms with Gasteiger partial charge < -0.3 is 20.1 Å². The van der Waals surface area contributed by atoms with Gasteiger partial charge >= 0.3 is 0 Å². The monoisotopic (exact) mass is 592 g/mol. The van der Waals surface area contributed by atoms with Crippen LogP contribution in [0.2, 0.25) is 0 Å². The third-order valence-electron chi connectivity index (χ3n) is 13.5. The first-order valence-electron chi connectivity index (χ1n) is 16.6. The second-order valence-corrected chi connectivity index (χ2v) is 16.4. The highest BCUT2D eigenvalue weighted by molar-refractivity contribution is 6.00. The van der Waals surface area contributed by atoms with Crippen molar-refractivity contribution in [1.82, 2.24) is 0 Å². The molecule has 4 fully saturated rings. The minimum atomic E-state index is -0.605. The van der Waals surface area contributed by atoms with Gasteiger partial charge in [-0.3, -0.25) is 9.59 Å². The average molecular weight is 593 g/mol. The number of rotatable bonds is 7. The van der Waals surface area contributed by atoms with Gasteiger partial charge in [0.1, 0.15) is 17.6 Å². The van der Waals surface area contributed by atoms with Crippen LogP contribution < -0.4 is 0 Å². The summed E-state index contributed by atoms with van der Waals surface area (Å²) < 4.78 is 5.72. The second-order valence-electron chi connectivity index (χ2n) is 16.4. The molecule has 1 aromatic carbocycles. The summed E-state index contributed by atoms with van der Waals surface area (Å²) in [7, 11) is 0. The van der Waals surface area contributed by atoms with Crippen molar-refractivity contribution >= 4 is 11.6 Å². The van der Waals surface area contributed by atoms with E-state index in [1.54, 1.807) is 12.1 Å². The van der Waals surface area contributed by atoms with Gasteiger partial charge in [-0.25, -0.2) is 0 Å². The molecule has 1 aromatic rings. The number of ketones is 2. The number of phenols is 1. The number of epoxide rings is 1. The summed E-state index contributed by atoms with van der Waals surface area (Å²) in [5.74, 6) is 0.743. The quantitative estimate of drug-likeness (QED) is 0.312. The van der Waals surface area contributed by atoms with Crippen LogP contribution in [0.25, 0.3) is 0 Å². The molecule has 9 atom stereocenters. The molecule has 3 N–H and O–H groups in total. The lowest BCUT2D eigenvalue weighted by molar-refractivity contribution is -0.193. The molecule has 5 aliphatic rings. The Morgan fingerprint density at radius 3 is 2.37 bits per heavy atom. The zero-order chi connectivity index (χ0) is 31.3. The number of carbonyl (C=O) groups excluding carboxylic acids is 2. The summed E-state index contributed by atoms with van der Waals surface area (Å²) in [6.45, 7) is 15.1. The number of fused-ring (bicyclic) bond motifs is 5. The number of allylic oxidation sites excluding steroid dienone is 2. The first-order valence-corrected chi connectivity index (χ1v) is 16.6. The molecule has 1 saturated heterocycles. The average Bonchev–Trinajstić information content (AvgIpc) is 3.46. The molecule has 1 heterocycles. The Balaban J connectivity index is 1.40. The van der Waals surface area contributed by atoms with E-state index in [4.69, 9.17) is 4.74 Å². The molecule has 0 aromatic heterocycles. The van der Waals surface area contributed by atoms with E-state index in [1.807, 2.05) is 26.0 Å². The number of ether oxygens (including phenoxy) is 1. The number of hydrogen-bond donors (Lipinski definition) is 3. The molecule has 0 amide bonds. The maximum Gasteiger partial charge on any atom is 0.159 e. The smallest absolute Gasteiger partial charge is 0.159 e. The highest BCUT2D eigenvalue weighted by Gasteiger charge is 2.70. The van der Waals surface area contributed by atoms with E-state index in [0.717, 1.165) is 43.2 Å². The van der Waals surface area contributed by atoms with Crippen molar-refractivity contribution in [1.29, 1.82) is 0 Å². The summed E-state index contributed by atoms with van der Waals surface area (Å²) in [6, 6.07) is 7.21. The molecule has 4 aliphatic carbocycles. The summed E-state index contributed by atoms with van der Waals surface area (Å²) >= 11 is 0. The fraction of sp³-hybridized carbons (Fsp3) is 0.730. The summed E-state index contributed by atoms with van der Waals surface area (Å²) in [6.07, 6.45) is 5.10. The lowest BCUT2D eigenvalue weighted by Gasteiger charge is -2.69. The van der Waals surface area contributed by atoms with Crippen LogP contribution in [0.3, 0.4) is 0 Å². The topological polar surface area (TPSA) is 107 Å². The normalized spacial score (nSPS) is 40.9. The highest BCUT2D eigenvalue weighted by Crippen LogP contribution is 2.75. The number of benzene rings is 1. The standard InChI is InChI=1S/C37H52O6/c1-21(17-26(40)32-34(4,5)43-32)30-25-11-12-29-35(6)19-24(22-9-8-10-23(39)18-22)31(42)33(2,3)28(35)13-14-37(29,15-16-38)36(25,7)20-27(30)41/h8-10,18,21,24,26,28-29,32,38-40H,11-17,19-20H2,1-7H3. The third-order valence-corrected chi connectivity index (χ3v) is 13.5. The summed E-state index contributed by atoms with van der Waals surface area (Å²) in [5.41, 5.74) is 1.44. The number of aliphatic hydroxyl groups excluding tert-OH is 2. The zero-order valence-corrected chi connectivity index (χ0v) is 27.2. The van der Waals surface area contributed by atoms with Gasteiger partial charge in [0.25, 0.3) is 0 Å². The predicted molar refractivity (Wildman–Crippen MR) is 165 cm³/mol. The third kappa shape index (κ3) is 4.36. The van der Waals surface area contributed by atoms with Crippen LogP contribution in [0, 0.1) is 39.4 Å². The molecule has 1 aliphatic heterocycles. The molecular weight excluding hydrogens is 540 g/mol. The lowest BCUT2D eigenvalue weighted by atomic mass is 9.34. The van der Waals surface area contributed by atoms with Gasteiger partial charge in [-0.15, -0.1) is 0 Å². The first kappa shape index (κ1) is 31.0. The zero-order valence-electron chi connectivity index (χ0n) is 27.2. The number of phenolic OH excluding ortho intramolecular Hbond substituents is 1. The van der Waals surface area contributed by atoms with E-state index in [2.05, 4.69) is 34.6 Å². The van der Waals surface area contributed by atoms with Crippen LogP contribution in [0.5, 0.6) is 5.75 Å². The van der Waals surface area contributed by atoms with E-state index >= 15 is 0 Å². The molecule has 3 saturated carbocycles. The fourth-order valence-corrected chi connectivity index (χ4v) is 11.6. The summed E-state index contributed by atoms with van der Waals surface area (Å²) in [5, 5.41) is 31.9. The van der Waals surface area contributed by atoms with Crippen LogP contribution in [0.4, 0.5) is 0 Å². The molecule has 6 heteroatoms. The van der Waals surface area contributed by atoms with Crippen molar-refractivity contribution in [2.75, 3.05) is 6.61 Å². The summed E-state index contributed by atoms with van der Waals surface area (Å²) in [4.78, 5) is 28.1. The maximum absolute atomic E-state index is 14.1. The Labute approximate surface area is 257 Å². The molecule has 9 unspecified atom stereocenters. The minimum Gasteiger partial charge on any atom is -0.508 e. The van der Waals surface area contributed by atoms with Crippen LogP contribution >= 0.6 is 0 Å². The largest absolute Gasteiger partial charge is 0.508 e. The molecule has 0 spiro atoms. The molecular formula is C37H52O6. The van der Waals surface area contributed by atoms with Crippen molar-refractivity contribution in [3.63, 3.8) is 0 Å². The van der Waals surface area contributed by atoms with Gasteiger partial charge in [0.05, 0.1) is 11.7 Å². The van der Waals surface area contributed by atoms with Crippen LogP contribution in [0.15, 0.2) is 35.4 Å². The fourth-order valence-electron chi connectivity index (χ4n) is 11.6. The van der Waals surface area contributed by atoms with Crippen molar-refractivity contribution in [2.24, 2.45) is 39.4 Å². The molecule has 6 rings (SSSR count). The number of aromatic hydroxyl groups is 1. The number of carbonyl (C=O) groups is 2. The van der Waals surface area contributed by atoms with E-state index in [1.165, 1.54) is 5.57 Å².